The summed E-state index contributed by atoms with van der Waals surface area (Å²) in [6.45, 7) is 6.95. The number of terminal acetylenes is 1. The van der Waals surface area contributed by atoms with Crippen molar-refractivity contribution in [2.45, 2.75) is 44.2 Å². The SMILES string of the molecule is C#C[C@@H]1[C@@H](COCc2ccccc2)N1[S@](=O)C(C)(C)C. The highest BCUT2D eigenvalue weighted by molar-refractivity contribution is 7.84. The molecular formula is C16H21NO2S. The van der Waals surface area contributed by atoms with Crippen molar-refractivity contribution in [2.24, 2.45) is 0 Å². The van der Waals surface area contributed by atoms with Crippen molar-refractivity contribution in [2.75, 3.05) is 6.61 Å². The van der Waals surface area contributed by atoms with Gasteiger partial charge in [0, 0.05) is 0 Å². The molecule has 1 fully saturated rings. The second kappa shape index (κ2) is 6.09. The maximum Gasteiger partial charge on any atom is 0.102 e. The quantitative estimate of drug-likeness (QED) is 0.615. The number of nitrogens with zero attached hydrogens (tertiary/aromatic N) is 1. The van der Waals surface area contributed by atoms with Crippen LogP contribution in [0.5, 0.6) is 0 Å². The number of ether oxygens (including phenoxy) is 1. The largest absolute Gasteiger partial charge is 0.375 e. The van der Waals surface area contributed by atoms with Gasteiger partial charge in [-0.2, -0.15) is 4.31 Å². The zero-order valence-corrected chi connectivity index (χ0v) is 13.0. The Bertz CT molecular complexity index is 516. The Kier molecular flexibility index (Phi) is 4.64. The standard InChI is InChI=1S/C16H21NO2S/c1-5-14-15(17(14)20(18)16(2,3)4)12-19-11-13-9-7-6-8-10-13/h1,6-10,14-15H,11-12H2,2-4H3/t14-,15-,17?,20-/m1/s1. The van der Waals surface area contributed by atoms with Crippen LogP contribution in [-0.2, 0) is 22.3 Å². The Morgan fingerprint density at radius 2 is 2.00 bits per heavy atom. The summed E-state index contributed by atoms with van der Waals surface area (Å²) in [5.41, 5.74) is 1.13. The molecule has 0 spiro atoms. The van der Waals surface area contributed by atoms with Crippen LogP contribution in [0, 0.1) is 12.3 Å². The summed E-state index contributed by atoms with van der Waals surface area (Å²) >= 11 is 0. The lowest BCUT2D eigenvalue weighted by molar-refractivity contribution is 0.118. The molecule has 2 rings (SSSR count). The number of benzene rings is 1. The van der Waals surface area contributed by atoms with E-state index in [0.29, 0.717) is 13.2 Å². The van der Waals surface area contributed by atoms with Gasteiger partial charge < -0.3 is 4.74 Å². The van der Waals surface area contributed by atoms with Gasteiger partial charge in [-0.05, 0) is 26.3 Å². The first-order valence-electron chi connectivity index (χ1n) is 6.73. The molecule has 0 aromatic heterocycles. The lowest BCUT2D eigenvalue weighted by atomic mass is 10.2. The third kappa shape index (κ3) is 3.49. The number of hydrogen-bond acceptors (Lipinski definition) is 2. The summed E-state index contributed by atoms with van der Waals surface area (Å²) in [6.07, 6.45) is 5.50. The molecule has 1 aromatic carbocycles. The highest BCUT2D eigenvalue weighted by atomic mass is 32.2. The van der Waals surface area contributed by atoms with Crippen molar-refractivity contribution >= 4 is 11.0 Å². The Labute approximate surface area is 123 Å². The maximum atomic E-state index is 12.3. The minimum Gasteiger partial charge on any atom is -0.375 e. The van der Waals surface area contributed by atoms with Gasteiger partial charge in [0.15, 0.2) is 0 Å². The average Bonchev–Trinajstić information content (AvgIpc) is 3.11. The van der Waals surface area contributed by atoms with Crippen LogP contribution in [0.3, 0.4) is 0 Å². The fraction of sp³-hybridized carbons (Fsp3) is 0.500. The van der Waals surface area contributed by atoms with Crippen molar-refractivity contribution in [1.82, 2.24) is 4.31 Å². The Balaban J connectivity index is 1.85. The predicted molar refractivity (Wildman–Crippen MR) is 82.2 cm³/mol. The van der Waals surface area contributed by atoms with E-state index in [2.05, 4.69) is 5.92 Å². The summed E-state index contributed by atoms with van der Waals surface area (Å²) in [5, 5.41) is 0. The molecule has 4 atom stereocenters. The van der Waals surface area contributed by atoms with Gasteiger partial charge in [0.2, 0.25) is 0 Å². The molecule has 20 heavy (non-hydrogen) atoms. The molecule has 1 saturated heterocycles. The third-order valence-corrected chi connectivity index (χ3v) is 5.09. The lowest BCUT2D eigenvalue weighted by Gasteiger charge is -2.18. The van der Waals surface area contributed by atoms with E-state index in [9.17, 15) is 4.21 Å². The molecule has 108 valence electrons. The molecule has 1 aromatic rings. The second-order valence-electron chi connectivity index (χ2n) is 5.90. The fourth-order valence-corrected chi connectivity index (χ4v) is 3.43. The average molecular weight is 291 g/mol. The minimum atomic E-state index is -1.08. The molecule has 1 heterocycles. The number of hydrogen-bond donors (Lipinski definition) is 0. The monoisotopic (exact) mass is 291 g/mol. The molecule has 4 heteroatoms. The van der Waals surface area contributed by atoms with Gasteiger partial charge in [-0.25, -0.2) is 4.21 Å². The predicted octanol–water partition coefficient (Wildman–Crippen LogP) is 2.35. The Hall–Kier alpha value is -1.15. The number of rotatable bonds is 5. The van der Waals surface area contributed by atoms with Crippen LogP contribution in [0.15, 0.2) is 30.3 Å². The van der Waals surface area contributed by atoms with Crippen molar-refractivity contribution in [3.05, 3.63) is 35.9 Å². The van der Waals surface area contributed by atoms with Crippen LogP contribution in [0.4, 0.5) is 0 Å². The molecule has 1 aliphatic rings. The van der Waals surface area contributed by atoms with Gasteiger partial charge >= 0.3 is 0 Å². The van der Waals surface area contributed by atoms with E-state index in [1.807, 2.05) is 55.4 Å². The summed E-state index contributed by atoms with van der Waals surface area (Å²) in [7, 11) is -1.08. The van der Waals surface area contributed by atoms with E-state index in [1.165, 1.54) is 0 Å². The van der Waals surface area contributed by atoms with Gasteiger partial charge in [-0.3, -0.25) is 0 Å². The molecule has 0 saturated carbocycles. The third-order valence-electron chi connectivity index (χ3n) is 3.16. The van der Waals surface area contributed by atoms with E-state index in [4.69, 9.17) is 11.2 Å². The lowest BCUT2D eigenvalue weighted by Crippen LogP contribution is -2.29. The van der Waals surface area contributed by atoms with E-state index in [-0.39, 0.29) is 16.8 Å². The van der Waals surface area contributed by atoms with Crippen LogP contribution < -0.4 is 0 Å². The fourth-order valence-electron chi connectivity index (χ4n) is 2.02. The van der Waals surface area contributed by atoms with E-state index >= 15 is 0 Å². The normalized spacial score (nSPS) is 26.8. The van der Waals surface area contributed by atoms with Crippen LogP contribution in [0.25, 0.3) is 0 Å². The van der Waals surface area contributed by atoms with Crippen molar-refractivity contribution in [3.63, 3.8) is 0 Å². The maximum absolute atomic E-state index is 12.3. The molecule has 0 N–H and O–H groups in total. The van der Waals surface area contributed by atoms with Gasteiger partial charge in [0.1, 0.15) is 17.0 Å². The second-order valence-corrected chi connectivity index (χ2v) is 8.05. The molecule has 0 aliphatic carbocycles. The molecule has 0 amide bonds. The summed E-state index contributed by atoms with van der Waals surface area (Å²) in [4.78, 5) is 0. The molecule has 1 unspecified atom stereocenters. The summed E-state index contributed by atoms with van der Waals surface area (Å²) in [6, 6.07) is 10.0. The Morgan fingerprint density at radius 3 is 2.55 bits per heavy atom. The van der Waals surface area contributed by atoms with Crippen LogP contribution >= 0.6 is 0 Å². The van der Waals surface area contributed by atoms with E-state index in [0.717, 1.165) is 5.56 Å². The minimum absolute atomic E-state index is 0.0640. The van der Waals surface area contributed by atoms with Gasteiger partial charge in [0.05, 0.1) is 24.0 Å². The highest BCUT2D eigenvalue weighted by Gasteiger charge is 2.52. The smallest absolute Gasteiger partial charge is 0.102 e. The van der Waals surface area contributed by atoms with Gasteiger partial charge in [0.25, 0.3) is 0 Å². The molecule has 3 nitrogen and oxygen atoms in total. The van der Waals surface area contributed by atoms with Crippen LogP contribution in [0.2, 0.25) is 0 Å². The topological polar surface area (TPSA) is 29.3 Å². The zero-order chi connectivity index (χ0) is 14.8. The van der Waals surface area contributed by atoms with Gasteiger partial charge in [-0.15, -0.1) is 6.42 Å². The molecule has 0 bridgehead atoms. The highest BCUT2D eigenvalue weighted by Crippen LogP contribution is 2.34. The van der Waals surface area contributed by atoms with Gasteiger partial charge in [-0.1, -0.05) is 36.3 Å². The molecule has 1 aliphatic heterocycles. The first-order valence-corrected chi connectivity index (χ1v) is 7.84. The van der Waals surface area contributed by atoms with Crippen LogP contribution in [0.1, 0.15) is 26.3 Å². The van der Waals surface area contributed by atoms with Crippen molar-refractivity contribution < 1.29 is 8.95 Å². The molecular weight excluding hydrogens is 270 g/mol. The first-order chi connectivity index (χ1) is 9.45. The summed E-state index contributed by atoms with van der Waals surface area (Å²) < 4.78 is 19.6. The van der Waals surface area contributed by atoms with E-state index < -0.39 is 11.0 Å². The zero-order valence-electron chi connectivity index (χ0n) is 12.2. The molecule has 0 radical (unpaired) electrons. The van der Waals surface area contributed by atoms with Crippen LogP contribution in [-0.4, -0.2) is 32.0 Å². The van der Waals surface area contributed by atoms with E-state index in [1.54, 1.807) is 0 Å². The van der Waals surface area contributed by atoms with Crippen molar-refractivity contribution in [3.8, 4) is 12.3 Å². The Morgan fingerprint density at radius 1 is 1.35 bits per heavy atom. The van der Waals surface area contributed by atoms with Crippen molar-refractivity contribution in [1.29, 1.82) is 0 Å². The first kappa shape index (κ1) is 15.2. The summed E-state index contributed by atoms with van der Waals surface area (Å²) in [5.74, 6) is 2.69.